The van der Waals surface area contributed by atoms with Gasteiger partial charge in [-0.15, -0.1) is 0 Å². The predicted octanol–water partition coefficient (Wildman–Crippen LogP) is 4.61. The molecule has 12 heteroatoms. The number of carbonyl (C=O) groups excluding carboxylic acids is 2. The largest absolute Gasteiger partial charge is 0.497 e. The van der Waals surface area contributed by atoms with Crippen molar-refractivity contribution in [1.82, 2.24) is 10.2 Å². The Bertz CT molecular complexity index is 1190. The predicted molar refractivity (Wildman–Crippen MR) is 145 cm³/mol. The van der Waals surface area contributed by atoms with Gasteiger partial charge in [0.15, 0.2) is 0 Å². The molecular weight excluding hydrogens is 549 g/mol. The Hall–Kier alpha value is -2.20. The monoisotopic (exact) mass is 577 g/mol. The molecule has 198 valence electrons. The molecule has 1 atom stereocenters. The van der Waals surface area contributed by atoms with E-state index in [4.69, 9.17) is 39.5 Å². The van der Waals surface area contributed by atoms with Crippen molar-refractivity contribution in [2.24, 2.45) is 5.92 Å². The minimum Gasteiger partial charge on any atom is -0.497 e. The molecule has 0 spiro atoms. The van der Waals surface area contributed by atoms with Crippen molar-refractivity contribution < 1.29 is 22.7 Å². The SMILES string of the molecule is COc1ccc(CN(C(=O)CN(c2cc(Cl)c(Cl)cc2Cl)S(C)(=O)=O)C(C)C(=O)NCC(C)C)cc1. The van der Waals surface area contributed by atoms with Crippen molar-refractivity contribution in [3.63, 3.8) is 0 Å². The van der Waals surface area contributed by atoms with Crippen molar-refractivity contribution in [3.05, 3.63) is 57.0 Å². The molecule has 0 radical (unpaired) electrons. The van der Waals surface area contributed by atoms with E-state index >= 15 is 0 Å². The van der Waals surface area contributed by atoms with Crippen LogP contribution in [0.1, 0.15) is 26.3 Å². The Kier molecular flexibility index (Phi) is 10.7. The van der Waals surface area contributed by atoms with Crippen LogP contribution in [0, 0.1) is 5.92 Å². The molecular formula is C24H30Cl3N3O5S. The summed E-state index contributed by atoms with van der Waals surface area (Å²) in [6, 6.07) is 8.71. The normalized spacial score (nSPS) is 12.2. The van der Waals surface area contributed by atoms with Gasteiger partial charge in [0.1, 0.15) is 18.3 Å². The number of nitrogens with one attached hydrogen (secondary N) is 1. The molecule has 36 heavy (non-hydrogen) atoms. The van der Waals surface area contributed by atoms with E-state index in [2.05, 4.69) is 5.32 Å². The minimum atomic E-state index is -3.97. The van der Waals surface area contributed by atoms with Gasteiger partial charge in [-0.3, -0.25) is 13.9 Å². The van der Waals surface area contributed by atoms with Crippen LogP contribution in [-0.4, -0.2) is 57.6 Å². The number of amides is 2. The number of carbonyl (C=O) groups is 2. The molecule has 2 aromatic rings. The Morgan fingerprint density at radius 3 is 2.11 bits per heavy atom. The number of rotatable bonds is 11. The highest BCUT2D eigenvalue weighted by molar-refractivity contribution is 7.92. The van der Waals surface area contributed by atoms with E-state index < -0.39 is 28.5 Å². The zero-order valence-electron chi connectivity index (χ0n) is 20.7. The molecule has 1 unspecified atom stereocenters. The van der Waals surface area contributed by atoms with E-state index in [1.807, 2.05) is 13.8 Å². The first kappa shape index (κ1) is 30.0. The molecule has 0 bridgehead atoms. The average Bonchev–Trinajstić information content (AvgIpc) is 2.81. The number of nitrogens with zero attached hydrogens (tertiary/aromatic N) is 2. The number of halogens is 3. The van der Waals surface area contributed by atoms with E-state index in [-0.39, 0.29) is 39.1 Å². The van der Waals surface area contributed by atoms with Gasteiger partial charge in [-0.2, -0.15) is 0 Å². The summed E-state index contributed by atoms with van der Waals surface area (Å²) in [6.07, 6.45) is 0.950. The second kappa shape index (κ2) is 12.9. The van der Waals surface area contributed by atoms with Gasteiger partial charge in [0, 0.05) is 13.1 Å². The summed E-state index contributed by atoms with van der Waals surface area (Å²) in [4.78, 5) is 27.7. The summed E-state index contributed by atoms with van der Waals surface area (Å²) in [5.74, 6) is -0.115. The number of hydrogen-bond donors (Lipinski definition) is 1. The standard InChI is InChI=1S/C24H30Cl3N3O5S/c1-15(2)12-28-24(32)16(3)29(13-17-6-8-18(35-4)9-7-17)23(31)14-30(36(5,33)34)22-11-20(26)19(25)10-21(22)27/h6-11,15-16H,12-14H2,1-5H3,(H,28,32). The van der Waals surface area contributed by atoms with Gasteiger partial charge in [-0.05, 0) is 42.7 Å². The third-order valence-electron chi connectivity index (χ3n) is 5.30. The van der Waals surface area contributed by atoms with Crippen molar-refractivity contribution in [2.75, 3.05) is 30.8 Å². The Morgan fingerprint density at radius 1 is 1.00 bits per heavy atom. The van der Waals surface area contributed by atoms with E-state index in [1.165, 1.54) is 17.0 Å². The van der Waals surface area contributed by atoms with Crippen molar-refractivity contribution in [2.45, 2.75) is 33.4 Å². The lowest BCUT2D eigenvalue weighted by Gasteiger charge is -2.32. The molecule has 0 aliphatic carbocycles. The van der Waals surface area contributed by atoms with Crippen LogP contribution in [0.4, 0.5) is 5.69 Å². The first-order valence-corrected chi connectivity index (χ1v) is 14.0. The molecule has 0 heterocycles. The summed E-state index contributed by atoms with van der Waals surface area (Å²) in [7, 11) is -2.42. The van der Waals surface area contributed by atoms with Gasteiger partial charge in [-0.25, -0.2) is 8.42 Å². The van der Waals surface area contributed by atoms with Gasteiger partial charge in [0.25, 0.3) is 0 Å². The lowest BCUT2D eigenvalue weighted by molar-refractivity contribution is -0.139. The second-order valence-electron chi connectivity index (χ2n) is 8.67. The molecule has 0 aliphatic rings. The second-order valence-corrected chi connectivity index (χ2v) is 11.8. The number of benzene rings is 2. The average molecular weight is 579 g/mol. The minimum absolute atomic E-state index is 0.00299. The quantitative estimate of drug-likeness (QED) is 0.393. The molecule has 2 aromatic carbocycles. The lowest BCUT2D eigenvalue weighted by Crippen LogP contribution is -2.51. The molecule has 1 N–H and O–H groups in total. The summed E-state index contributed by atoms with van der Waals surface area (Å²) >= 11 is 18.3. The van der Waals surface area contributed by atoms with Crippen LogP contribution >= 0.6 is 34.8 Å². The van der Waals surface area contributed by atoms with E-state index in [0.29, 0.717) is 12.3 Å². The van der Waals surface area contributed by atoms with Crippen molar-refractivity contribution in [1.29, 1.82) is 0 Å². The fourth-order valence-electron chi connectivity index (χ4n) is 3.26. The molecule has 0 saturated heterocycles. The van der Waals surface area contributed by atoms with Gasteiger partial charge in [-0.1, -0.05) is 60.8 Å². The Labute approximate surface area is 227 Å². The van der Waals surface area contributed by atoms with Crippen LogP contribution in [0.15, 0.2) is 36.4 Å². The molecule has 2 rings (SSSR count). The van der Waals surface area contributed by atoms with Crippen LogP contribution in [0.2, 0.25) is 15.1 Å². The lowest BCUT2D eigenvalue weighted by atomic mass is 10.1. The van der Waals surface area contributed by atoms with Gasteiger partial charge in [0.2, 0.25) is 21.8 Å². The fourth-order valence-corrected chi connectivity index (χ4v) is 4.81. The van der Waals surface area contributed by atoms with Crippen LogP contribution in [-0.2, 0) is 26.2 Å². The van der Waals surface area contributed by atoms with Crippen LogP contribution in [0.25, 0.3) is 0 Å². The van der Waals surface area contributed by atoms with E-state index in [0.717, 1.165) is 16.1 Å². The molecule has 0 aromatic heterocycles. The topological polar surface area (TPSA) is 96.0 Å². The van der Waals surface area contributed by atoms with Crippen LogP contribution < -0.4 is 14.4 Å². The summed E-state index contributed by atoms with van der Waals surface area (Å²) in [5.41, 5.74) is 0.731. The van der Waals surface area contributed by atoms with Gasteiger partial charge >= 0.3 is 0 Å². The van der Waals surface area contributed by atoms with E-state index in [9.17, 15) is 18.0 Å². The van der Waals surface area contributed by atoms with Crippen molar-refractivity contribution >= 4 is 62.3 Å². The molecule has 2 amide bonds. The third kappa shape index (κ3) is 8.16. The van der Waals surface area contributed by atoms with Crippen LogP contribution in [0.5, 0.6) is 5.75 Å². The third-order valence-corrected chi connectivity index (χ3v) is 7.45. The summed E-state index contributed by atoms with van der Waals surface area (Å²) < 4.78 is 31.4. The zero-order chi connectivity index (χ0) is 27.2. The smallest absolute Gasteiger partial charge is 0.244 e. The zero-order valence-corrected chi connectivity index (χ0v) is 23.8. The maximum absolute atomic E-state index is 13.6. The fraction of sp³-hybridized carbons (Fsp3) is 0.417. The highest BCUT2D eigenvalue weighted by atomic mass is 35.5. The van der Waals surface area contributed by atoms with Gasteiger partial charge in [0.05, 0.1) is 34.1 Å². The number of anilines is 1. The number of ether oxygens (including phenoxy) is 1. The molecule has 8 nitrogen and oxygen atoms in total. The highest BCUT2D eigenvalue weighted by Gasteiger charge is 2.31. The number of hydrogen-bond acceptors (Lipinski definition) is 5. The molecule has 0 aliphatic heterocycles. The Morgan fingerprint density at radius 2 is 1.58 bits per heavy atom. The number of methoxy groups -OCH3 is 1. The Balaban J connectivity index is 2.43. The summed E-state index contributed by atoms with van der Waals surface area (Å²) in [5, 5.41) is 3.05. The number of sulfonamides is 1. The van der Waals surface area contributed by atoms with Gasteiger partial charge < -0.3 is 15.0 Å². The highest BCUT2D eigenvalue weighted by Crippen LogP contribution is 2.35. The first-order chi connectivity index (χ1) is 16.7. The molecule has 0 fully saturated rings. The molecule has 0 saturated carbocycles. The maximum Gasteiger partial charge on any atom is 0.244 e. The maximum atomic E-state index is 13.6. The first-order valence-electron chi connectivity index (χ1n) is 11.1. The van der Waals surface area contributed by atoms with Crippen molar-refractivity contribution in [3.8, 4) is 5.75 Å². The van der Waals surface area contributed by atoms with Crippen LogP contribution in [0.3, 0.4) is 0 Å². The van der Waals surface area contributed by atoms with E-state index in [1.54, 1.807) is 38.3 Å². The summed E-state index contributed by atoms with van der Waals surface area (Å²) in [6.45, 7) is 5.39.